The van der Waals surface area contributed by atoms with E-state index in [4.69, 9.17) is 13.7 Å². The van der Waals surface area contributed by atoms with E-state index < -0.39 is 8.60 Å². The van der Waals surface area contributed by atoms with Crippen LogP contribution in [0.2, 0.25) is 0 Å². The summed E-state index contributed by atoms with van der Waals surface area (Å²) in [4.78, 5) is 0. The van der Waals surface area contributed by atoms with Gasteiger partial charge in [0.15, 0.2) is 0 Å². The topological polar surface area (TPSA) is 30.9 Å². The molecule has 0 atom stereocenters. The van der Waals surface area contributed by atoms with Crippen LogP contribution in [0.1, 0.15) is 69.2 Å². The van der Waals surface area contributed by atoms with E-state index in [0.29, 0.717) is 0 Å². The summed E-state index contributed by atoms with van der Waals surface area (Å²) in [6.45, 7) is 20.4. The fourth-order valence-corrected chi connectivity index (χ4v) is 2.89. The Bertz CT molecular complexity index is 232. The van der Waals surface area contributed by atoms with Crippen LogP contribution in [0.3, 0.4) is 0 Å². The second kappa shape index (κ2) is 7.33. The molecule has 19 heavy (non-hydrogen) atoms. The Balaban J connectivity index is 4.83. The fraction of sp³-hybridized carbons (Fsp3) is 1.00. The van der Waals surface area contributed by atoms with Crippen LogP contribution in [0.15, 0.2) is 0 Å². The van der Waals surface area contributed by atoms with Crippen LogP contribution in [-0.2, 0) is 13.7 Å². The van der Waals surface area contributed by atoms with Crippen molar-refractivity contribution in [2.45, 2.75) is 92.5 Å². The van der Waals surface area contributed by atoms with Gasteiger partial charge < -0.3 is 9.05 Å². The van der Waals surface area contributed by atoms with E-state index in [1.54, 1.807) is 0 Å². The average molecular weight is 293 g/mol. The lowest BCUT2D eigenvalue weighted by Crippen LogP contribution is -2.37. The molecule has 0 saturated heterocycles. The first-order valence-electron chi connectivity index (χ1n) is 6.96. The van der Waals surface area contributed by atoms with Crippen LogP contribution < -0.4 is 0 Å². The summed E-state index contributed by atoms with van der Waals surface area (Å²) in [7, 11) is -1.42. The minimum Gasteiger partial charge on any atom is -0.305 e. The highest BCUT2D eigenvalue weighted by atomic mass is 31.2. The molecule has 0 N–H and O–H groups in total. The predicted molar refractivity (Wildman–Crippen MR) is 81.8 cm³/mol. The molecule has 0 rings (SSSR count). The van der Waals surface area contributed by atoms with E-state index in [-0.39, 0.29) is 23.3 Å². The van der Waals surface area contributed by atoms with E-state index in [9.17, 15) is 0 Å². The molecule has 0 aliphatic carbocycles. The molecule has 0 aromatic heterocycles. The summed E-state index contributed by atoms with van der Waals surface area (Å²) in [6, 6.07) is 0.550. The predicted octanol–water partition coefficient (Wildman–Crippen LogP) is 4.89. The van der Waals surface area contributed by atoms with Gasteiger partial charge >= 0.3 is 8.60 Å². The maximum Gasteiger partial charge on any atom is 0.352 e. The fourth-order valence-electron chi connectivity index (χ4n) is 1.36. The van der Waals surface area contributed by atoms with Gasteiger partial charge in [-0.1, -0.05) is 0 Å². The summed E-state index contributed by atoms with van der Waals surface area (Å²) in [6.07, 6.45) is 0. The number of rotatable bonds is 6. The third kappa shape index (κ3) is 9.75. The van der Waals surface area contributed by atoms with Crippen LogP contribution >= 0.6 is 8.60 Å². The zero-order valence-electron chi connectivity index (χ0n) is 14.3. The number of hydrogen-bond donors (Lipinski definition) is 0. The van der Waals surface area contributed by atoms with E-state index >= 15 is 0 Å². The van der Waals surface area contributed by atoms with Gasteiger partial charge in [0.05, 0.1) is 11.2 Å². The molecule has 0 aromatic rings. The van der Waals surface area contributed by atoms with Gasteiger partial charge in [-0.2, -0.15) is 5.06 Å². The van der Waals surface area contributed by atoms with Crippen LogP contribution in [-0.4, -0.2) is 28.3 Å². The number of hydrogen-bond acceptors (Lipinski definition) is 4. The van der Waals surface area contributed by atoms with E-state index in [1.165, 1.54) is 0 Å². The van der Waals surface area contributed by atoms with Crippen molar-refractivity contribution in [2.75, 3.05) is 0 Å². The number of nitrogens with zero attached hydrogens (tertiary/aromatic N) is 1. The molecule has 0 aliphatic heterocycles. The Morgan fingerprint density at radius 2 is 1.05 bits per heavy atom. The smallest absolute Gasteiger partial charge is 0.305 e. The first-order valence-corrected chi connectivity index (χ1v) is 8.06. The van der Waals surface area contributed by atoms with Crippen LogP contribution in [0, 0.1) is 0 Å². The van der Waals surface area contributed by atoms with Crippen molar-refractivity contribution in [3.8, 4) is 0 Å². The van der Waals surface area contributed by atoms with Gasteiger partial charge in [0.1, 0.15) is 0 Å². The quantitative estimate of drug-likeness (QED) is 0.515. The van der Waals surface area contributed by atoms with Gasteiger partial charge in [-0.05, 0) is 69.2 Å². The summed E-state index contributed by atoms with van der Waals surface area (Å²) >= 11 is 0. The minimum absolute atomic E-state index is 0.275. The molecule has 0 unspecified atom stereocenters. The van der Waals surface area contributed by atoms with Crippen molar-refractivity contribution in [1.29, 1.82) is 0 Å². The van der Waals surface area contributed by atoms with Crippen molar-refractivity contribution in [3.63, 3.8) is 0 Å². The molecule has 0 spiro atoms. The SMILES string of the molecule is CC(C)N(OP(OC(C)(C)C)OC(C)(C)C)C(C)C. The Morgan fingerprint density at radius 1 is 0.737 bits per heavy atom. The van der Waals surface area contributed by atoms with Crippen molar-refractivity contribution in [2.24, 2.45) is 0 Å². The molecule has 5 heteroatoms. The highest BCUT2D eigenvalue weighted by molar-refractivity contribution is 7.41. The molecule has 0 fully saturated rings. The largest absolute Gasteiger partial charge is 0.352 e. The standard InChI is InChI=1S/C14H32NO3P/c1-11(2)15(12(3)4)18-19(16-13(5,6)7)17-14(8,9)10/h11-12H,1-10H3. The van der Waals surface area contributed by atoms with E-state index in [0.717, 1.165) is 0 Å². The molecule has 0 aromatic carbocycles. The van der Waals surface area contributed by atoms with E-state index in [1.807, 2.05) is 46.6 Å². The lowest BCUT2D eigenvalue weighted by atomic mass is 10.2. The Hall–Kier alpha value is 0.270. The third-order valence-electron chi connectivity index (χ3n) is 1.88. The van der Waals surface area contributed by atoms with Crippen molar-refractivity contribution in [1.82, 2.24) is 5.06 Å². The zero-order chi connectivity index (χ0) is 15.4. The van der Waals surface area contributed by atoms with Crippen LogP contribution in [0.5, 0.6) is 0 Å². The van der Waals surface area contributed by atoms with Crippen molar-refractivity contribution < 1.29 is 13.7 Å². The van der Waals surface area contributed by atoms with Crippen molar-refractivity contribution >= 4 is 8.60 Å². The van der Waals surface area contributed by atoms with Gasteiger partial charge in [-0.25, -0.2) is 4.62 Å². The van der Waals surface area contributed by atoms with Crippen LogP contribution in [0.25, 0.3) is 0 Å². The molecule has 0 aliphatic rings. The number of hydroxylamine groups is 2. The highest BCUT2D eigenvalue weighted by Crippen LogP contribution is 2.48. The maximum atomic E-state index is 5.98. The first kappa shape index (κ1) is 19.3. The Kier molecular flexibility index (Phi) is 7.43. The van der Waals surface area contributed by atoms with Gasteiger partial charge in [0.25, 0.3) is 0 Å². The summed E-state index contributed by atoms with van der Waals surface area (Å²) in [5, 5.41) is 1.93. The lowest BCUT2D eigenvalue weighted by molar-refractivity contribution is -0.137. The molecular weight excluding hydrogens is 261 g/mol. The third-order valence-corrected chi connectivity index (χ3v) is 3.59. The zero-order valence-corrected chi connectivity index (χ0v) is 15.2. The van der Waals surface area contributed by atoms with Gasteiger partial charge in [0, 0.05) is 12.1 Å². The summed E-state index contributed by atoms with van der Waals surface area (Å²) in [5.74, 6) is 0. The normalized spacial score (nSPS) is 14.2. The van der Waals surface area contributed by atoms with Crippen molar-refractivity contribution in [3.05, 3.63) is 0 Å². The lowest BCUT2D eigenvalue weighted by Gasteiger charge is -2.36. The van der Waals surface area contributed by atoms with Gasteiger partial charge in [-0.15, -0.1) is 0 Å². The summed E-state index contributed by atoms with van der Waals surface area (Å²) < 4.78 is 17.8. The van der Waals surface area contributed by atoms with E-state index in [2.05, 4.69) is 27.7 Å². The van der Waals surface area contributed by atoms with Gasteiger partial charge in [-0.3, -0.25) is 0 Å². The second-order valence-electron chi connectivity index (χ2n) is 7.26. The Labute approximate surface area is 120 Å². The van der Waals surface area contributed by atoms with Crippen LogP contribution in [0.4, 0.5) is 0 Å². The molecule has 4 nitrogen and oxygen atoms in total. The maximum absolute atomic E-state index is 5.98. The molecule has 116 valence electrons. The monoisotopic (exact) mass is 293 g/mol. The highest BCUT2D eigenvalue weighted by Gasteiger charge is 2.31. The molecule has 0 bridgehead atoms. The average Bonchev–Trinajstić information content (AvgIpc) is 2.07. The molecule has 0 saturated carbocycles. The second-order valence-corrected chi connectivity index (χ2v) is 8.24. The molecule has 0 amide bonds. The molecule has 0 heterocycles. The first-order chi connectivity index (χ1) is 8.32. The molecule has 0 radical (unpaired) electrons. The minimum atomic E-state index is -1.42. The summed E-state index contributed by atoms with van der Waals surface area (Å²) in [5.41, 5.74) is -0.590. The van der Waals surface area contributed by atoms with Gasteiger partial charge in [0.2, 0.25) is 0 Å². The molecular formula is C14H32NO3P. The Morgan fingerprint density at radius 3 is 1.26 bits per heavy atom.